The fraction of sp³-hybridized carbons (Fsp3) is 0.250. The number of hydrogen-bond donors (Lipinski definition) is 1. The van der Waals surface area contributed by atoms with Gasteiger partial charge in [0.05, 0.1) is 0 Å². The highest BCUT2D eigenvalue weighted by Gasteiger charge is 1.94. The van der Waals surface area contributed by atoms with Crippen molar-refractivity contribution in [3.05, 3.63) is 47.9 Å². The van der Waals surface area contributed by atoms with E-state index in [4.69, 9.17) is 0 Å². The predicted octanol–water partition coefficient (Wildman–Crippen LogP) is 2.47. The van der Waals surface area contributed by atoms with Crippen LogP contribution in [0.1, 0.15) is 20.3 Å². The minimum atomic E-state index is 0.0590. The molecule has 0 aromatic carbocycles. The van der Waals surface area contributed by atoms with Crippen molar-refractivity contribution in [2.24, 2.45) is 0 Å². The number of rotatable bonds is 3. The molecule has 0 fully saturated rings. The Balaban J connectivity index is 2.64. The van der Waals surface area contributed by atoms with Crippen LogP contribution in [-0.4, -0.2) is 5.78 Å². The van der Waals surface area contributed by atoms with Crippen LogP contribution in [0.5, 0.6) is 0 Å². The molecule has 0 bridgehead atoms. The molecule has 1 rings (SSSR count). The van der Waals surface area contributed by atoms with E-state index in [1.807, 2.05) is 25.2 Å². The number of hydrogen-bond acceptors (Lipinski definition) is 2. The smallest absolute Gasteiger partial charge is 0.154 e. The first-order valence-electron chi connectivity index (χ1n) is 4.68. The second-order valence-corrected chi connectivity index (χ2v) is 3.25. The van der Waals surface area contributed by atoms with Crippen molar-refractivity contribution < 1.29 is 4.79 Å². The summed E-state index contributed by atoms with van der Waals surface area (Å²) in [5.41, 5.74) is 1.87. The Kier molecular flexibility index (Phi) is 3.92. The maximum atomic E-state index is 10.8. The molecule has 0 radical (unpaired) electrons. The van der Waals surface area contributed by atoms with Gasteiger partial charge in [0.15, 0.2) is 5.78 Å². The van der Waals surface area contributed by atoms with Crippen molar-refractivity contribution in [1.29, 1.82) is 0 Å². The van der Waals surface area contributed by atoms with Crippen LogP contribution in [0, 0.1) is 0 Å². The second-order valence-electron chi connectivity index (χ2n) is 3.25. The molecule has 0 aromatic rings. The van der Waals surface area contributed by atoms with Gasteiger partial charge in [0.2, 0.25) is 0 Å². The van der Waals surface area contributed by atoms with Gasteiger partial charge in [-0.05, 0) is 38.5 Å². The average molecular weight is 189 g/mol. The Morgan fingerprint density at radius 1 is 1.43 bits per heavy atom. The molecular formula is C12H15NO. The molecule has 2 heteroatoms. The molecule has 0 atom stereocenters. The summed E-state index contributed by atoms with van der Waals surface area (Å²) < 4.78 is 0. The zero-order chi connectivity index (χ0) is 10.4. The quantitative estimate of drug-likeness (QED) is 0.691. The van der Waals surface area contributed by atoms with E-state index in [1.165, 1.54) is 0 Å². The molecule has 0 heterocycles. The molecule has 0 aromatic heterocycles. The number of allylic oxidation sites excluding steroid dienone is 7. The lowest BCUT2D eigenvalue weighted by Gasteiger charge is -2.05. The molecule has 0 amide bonds. The van der Waals surface area contributed by atoms with Crippen molar-refractivity contribution in [2.45, 2.75) is 20.3 Å². The summed E-state index contributed by atoms with van der Waals surface area (Å²) in [5.74, 6) is 0.0590. The predicted molar refractivity (Wildman–Crippen MR) is 58.6 cm³/mol. The number of carbonyl (C=O) groups is 1. The van der Waals surface area contributed by atoms with Crippen LogP contribution in [0.2, 0.25) is 0 Å². The van der Waals surface area contributed by atoms with Crippen LogP contribution in [0.4, 0.5) is 0 Å². The lowest BCUT2D eigenvalue weighted by atomic mass is 10.3. The summed E-state index contributed by atoms with van der Waals surface area (Å²) >= 11 is 0. The topological polar surface area (TPSA) is 29.1 Å². The molecule has 0 unspecified atom stereocenters. The van der Waals surface area contributed by atoms with E-state index in [0.717, 1.165) is 17.8 Å². The molecule has 2 nitrogen and oxygen atoms in total. The van der Waals surface area contributed by atoms with Crippen LogP contribution >= 0.6 is 0 Å². The zero-order valence-corrected chi connectivity index (χ0v) is 8.58. The minimum absolute atomic E-state index is 0.0590. The molecule has 14 heavy (non-hydrogen) atoms. The molecule has 74 valence electrons. The fourth-order valence-electron chi connectivity index (χ4n) is 1.23. The van der Waals surface area contributed by atoms with Crippen LogP contribution in [0.15, 0.2) is 47.9 Å². The maximum Gasteiger partial charge on any atom is 0.154 e. The zero-order valence-electron chi connectivity index (χ0n) is 8.58. The summed E-state index contributed by atoms with van der Waals surface area (Å²) in [6, 6.07) is 0. The Morgan fingerprint density at radius 3 is 2.93 bits per heavy atom. The molecule has 0 saturated heterocycles. The Labute approximate surface area is 84.7 Å². The van der Waals surface area contributed by atoms with Gasteiger partial charge in [-0.25, -0.2) is 0 Å². The fourth-order valence-corrected chi connectivity index (χ4v) is 1.23. The first kappa shape index (κ1) is 10.5. The van der Waals surface area contributed by atoms with Gasteiger partial charge in [-0.2, -0.15) is 0 Å². The monoisotopic (exact) mass is 189 g/mol. The molecule has 1 aliphatic rings. The standard InChI is InChI=1S/C12H15NO/c1-10(9-11(2)14)13-12-7-5-3-4-6-8-12/h3,5-9,13H,4H2,1-2H3. The SMILES string of the molecule is CC(=O)C=C(C)NC1=CC=CCC=C1. The molecule has 1 N–H and O–H groups in total. The van der Waals surface area contributed by atoms with Gasteiger partial charge in [0, 0.05) is 11.4 Å². The van der Waals surface area contributed by atoms with E-state index in [0.29, 0.717) is 0 Å². The van der Waals surface area contributed by atoms with Gasteiger partial charge >= 0.3 is 0 Å². The normalized spacial score (nSPS) is 16.1. The first-order valence-corrected chi connectivity index (χ1v) is 4.68. The third kappa shape index (κ3) is 3.90. The maximum absolute atomic E-state index is 10.8. The van der Waals surface area contributed by atoms with E-state index in [9.17, 15) is 4.79 Å². The Bertz CT molecular complexity index is 332. The van der Waals surface area contributed by atoms with Crippen LogP contribution in [-0.2, 0) is 4.79 Å². The highest BCUT2D eigenvalue weighted by Crippen LogP contribution is 2.03. The van der Waals surface area contributed by atoms with E-state index in [-0.39, 0.29) is 5.78 Å². The van der Waals surface area contributed by atoms with E-state index in [2.05, 4.69) is 17.5 Å². The number of nitrogens with one attached hydrogen (secondary N) is 1. The highest BCUT2D eigenvalue weighted by molar-refractivity contribution is 5.87. The van der Waals surface area contributed by atoms with E-state index < -0.39 is 0 Å². The highest BCUT2D eigenvalue weighted by atomic mass is 16.1. The summed E-state index contributed by atoms with van der Waals surface area (Å²) in [6.45, 7) is 3.42. The summed E-state index contributed by atoms with van der Waals surface area (Å²) in [6.07, 6.45) is 12.7. The third-order valence-electron chi connectivity index (χ3n) is 1.74. The summed E-state index contributed by atoms with van der Waals surface area (Å²) in [7, 11) is 0. The first-order chi connectivity index (χ1) is 6.68. The third-order valence-corrected chi connectivity index (χ3v) is 1.74. The van der Waals surface area contributed by atoms with Crippen LogP contribution in [0.3, 0.4) is 0 Å². The summed E-state index contributed by atoms with van der Waals surface area (Å²) in [5, 5.41) is 3.15. The molecule has 1 aliphatic carbocycles. The average Bonchev–Trinajstić information content (AvgIpc) is 2.31. The van der Waals surface area contributed by atoms with Gasteiger partial charge in [-0.3, -0.25) is 4.79 Å². The van der Waals surface area contributed by atoms with Gasteiger partial charge in [-0.15, -0.1) is 0 Å². The minimum Gasteiger partial charge on any atom is -0.359 e. The molecule has 0 spiro atoms. The Morgan fingerprint density at radius 2 is 2.21 bits per heavy atom. The molecule has 0 saturated carbocycles. The molecule has 0 aliphatic heterocycles. The van der Waals surface area contributed by atoms with Gasteiger partial charge in [0.25, 0.3) is 0 Å². The van der Waals surface area contributed by atoms with Gasteiger partial charge < -0.3 is 5.32 Å². The van der Waals surface area contributed by atoms with Crippen molar-refractivity contribution in [3.8, 4) is 0 Å². The van der Waals surface area contributed by atoms with Crippen LogP contribution in [0.25, 0.3) is 0 Å². The van der Waals surface area contributed by atoms with Gasteiger partial charge in [-0.1, -0.05) is 18.2 Å². The largest absolute Gasteiger partial charge is 0.359 e. The van der Waals surface area contributed by atoms with Crippen molar-refractivity contribution in [1.82, 2.24) is 5.32 Å². The van der Waals surface area contributed by atoms with E-state index in [1.54, 1.807) is 13.0 Å². The lowest BCUT2D eigenvalue weighted by molar-refractivity contribution is -0.112. The van der Waals surface area contributed by atoms with Crippen molar-refractivity contribution >= 4 is 5.78 Å². The van der Waals surface area contributed by atoms with Gasteiger partial charge in [0.1, 0.15) is 0 Å². The van der Waals surface area contributed by atoms with Crippen molar-refractivity contribution in [2.75, 3.05) is 0 Å². The Hall–Kier alpha value is -1.57. The number of ketones is 1. The lowest BCUT2D eigenvalue weighted by Crippen LogP contribution is -2.09. The molecular weight excluding hydrogens is 174 g/mol. The number of carbonyl (C=O) groups excluding carboxylic acids is 1. The van der Waals surface area contributed by atoms with E-state index >= 15 is 0 Å². The second kappa shape index (κ2) is 5.22. The summed E-state index contributed by atoms with van der Waals surface area (Å²) in [4.78, 5) is 10.8. The van der Waals surface area contributed by atoms with Crippen LogP contribution < -0.4 is 5.32 Å². The van der Waals surface area contributed by atoms with Crippen molar-refractivity contribution in [3.63, 3.8) is 0 Å².